The van der Waals surface area contributed by atoms with Crippen molar-refractivity contribution in [3.8, 4) is 5.75 Å². The summed E-state index contributed by atoms with van der Waals surface area (Å²) in [5, 5.41) is 0. The molecule has 5 nitrogen and oxygen atoms in total. The first kappa shape index (κ1) is 19.7. The molecule has 0 radical (unpaired) electrons. The van der Waals surface area contributed by atoms with Crippen LogP contribution in [0, 0.1) is 20.8 Å². The van der Waals surface area contributed by atoms with Gasteiger partial charge in [-0.05, 0) is 62.6 Å². The smallest absolute Gasteiger partial charge is 0.243 e. The monoisotopic (exact) mass is 388 g/mol. The molecule has 0 spiro atoms. The number of rotatable bonds is 5. The van der Waals surface area contributed by atoms with Crippen molar-refractivity contribution in [2.24, 2.45) is 0 Å². The minimum atomic E-state index is -3.48. The van der Waals surface area contributed by atoms with E-state index in [0.717, 1.165) is 28.1 Å². The van der Waals surface area contributed by atoms with Crippen molar-refractivity contribution >= 4 is 15.7 Å². The van der Waals surface area contributed by atoms with Gasteiger partial charge in [-0.25, -0.2) is 8.42 Å². The molecule has 27 heavy (non-hydrogen) atoms. The van der Waals surface area contributed by atoms with Crippen LogP contribution < -0.4 is 9.64 Å². The minimum absolute atomic E-state index is 0.425. The van der Waals surface area contributed by atoms with E-state index in [1.54, 1.807) is 10.4 Å². The molecule has 0 aromatic heterocycles. The van der Waals surface area contributed by atoms with E-state index < -0.39 is 10.0 Å². The summed E-state index contributed by atoms with van der Waals surface area (Å²) in [5.74, 6) is 0.848. The highest BCUT2D eigenvalue weighted by Gasteiger charge is 2.30. The summed E-state index contributed by atoms with van der Waals surface area (Å²) in [5.41, 5.74) is 4.03. The van der Waals surface area contributed by atoms with Crippen LogP contribution in [-0.2, 0) is 10.0 Å². The lowest BCUT2D eigenvalue weighted by molar-refractivity contribution is 0.337. The lowest BCUT2D eigenvalue weighted by Gasteiger charge is -2.36. The second-order valence-corrected chi connectivity index (χ2v) is 8.83. The first-order valence-electron chi connectivity index (χ1n) is 9.40. The van der Waals surface area contributed by atoms with Crippen molar-refractivity contribution < 1.29 is 13.2 Å². The third kappa shape index (κ3) is 3.82. The van der Waals surface area contributed by atoms with Gasteiger partial charge in [-0.3, -0.25) is 0 Å². The van der Waals surface area contributed by atoms with Gasteiger partial charge < -0.3 is 9.64 Å². The number of anilines is 1. The molecule has 1 heterocycles. The Morgan fingerprint density at radius 2 is 1.59 bits per heavy atom. The molecule has 146 valence electrons. The summed E-state index contributed by atoms with van der Waals surface area (Å²) in [6, 6.07) is 11.6. The Morgan fingerprint density at radius 1 is 0.926 bits per heavy atom. The standard InChI is InChI=1S/C21H28N2O3S/c1-5-26-20-9-7-6-8-19(20)22-12-14-23(15-13-22)27(24,25)21-11-10-16(2)17(3)18(21)4/h6-11H,5,12-15H2,1-4H3. The van der Waals surface area contributed by atoms with Crippen LogP contribution in [0.3, 0.4) is 0 Å². The molecule has 1 aliphatic heterocycles. The van der Waals surface area contributed by atoms with Crippen molar-refractivity contribution in [1.82, 2.24) is 4.31 Å². The van der Waals surface area contributed by atoms with E-state index in [0.29, 0.717) is 37.7 Å². The first-order chi connectivity index (χ1) is 12.9. The quantitative estimate of drug-likeness (QED) is 0.786. The van der Waals surface area contributed by atoms with Crippen molar-refractivity contribution in [1.29, 1.82) is 0 Å². The predicted molar refractivity (Wildman–Crippen MR) is 109 cm³/mol. The molecule has 2 aromatic rings. The topological polar surface area (TPSA) is 49.9 Å². The highest BCUT2D eigenvalue weighted by molar-refractivity contribution is 7.89. The van der Waals surface area contributed by atoms with Crippen LogP contribution in [-0.4, -0.2) is 45.5 Å². The molecule has 1 aliphatic rings. The molecule has 0 aliphatic carbocycles. The number of ether oxygens (including phenoxy) is 1. The van der Waals surface area contributed by atoms with Gasteiger partial charge in [-0.2, -0.15) is 4.31 Å². The summed E-state index contributed by atoms with van der Waals surface area (Å²) < 4.78 is 33.7. The van der Waals surface area contributed by atoms with Crippen LogP contribution >= 0.6 is 0 Å². The summed E-state index contributed by atoms with van der Waals surface area (Å²) in [6.07, 6.45) is 0. The van der Waals surface area contributed by atoms with Crippen LogP contribution in [0.4, 0.5) is 5.69 Å². The van der Waals surface area contributed by atoms with Gasteiger partial charge in [0, 0.05) is 26.2 Å². The van der Waals surface area contributed by atoms with Crippen molar-refractivity contribution in [2.75, 3.05) is 37.7 Å². The van der Waals surface area contributed by atoms with Crippen LogP contribution in [0.2, 0.25) is 0 Å². The van der Waals surface area contributed by atoms with E-state index in [2.05, 4.69) is 4.90 Å². The molecule has 1 saturated heterocycles. The number of sulfonamides is 1. The van der Waals surface area contributed by atoms with E-state index in [-0.39, 0.29) is 0 Å². The molecule has 0 saturated carbocycles. The van der Waals surface area contributed by atoms with Crippen LogP contribution in [0.1, 0.15) is 23.6 Å². The summed E-state index contributed by atoms with van der Waals surface area (Å²) in [7, 11) is -3.48. The summed E-state index contributed by atoms with van der Waals surface area (Å²) >= 11 is 0. The van der Waals surface area contributed by atoms with Gasteiger partial charge in [-0.1, -0.05) is 18.2 Å². The van der Waals surface area contributed by atoms with Gasteiger partial charge in [0.25, 0.3) is 0 Å². The van der Waals surface area contributed by atoms with Crippen molar-refractivity contribution in [3.63, 3.8) is 0 Å². The Morgan fingerprint density at radius 3 is 2.26 bits per heavy atom. The van der Waals surface area contributed by atoms with Gasteiger partial charge in [0.2, 0.25) is 10.0 Å². The molecule has 2 aromatic carbocycles. The van der Waals surface area contributed by atoms with Crippen LogP contribution in [0.15, 0.2) is 41.3 Å². The zero-order valence-electron chi connectivity index (χ0n) is 16.5. The summed E-state index contributed by atoms with van der Waals surface area (Å²) in [4.78, 5) is 2.62. The number of aryl methyl sites for hydroxylation is 1. The Hall–Kier alpha value is -2.05. The molecule has 0 atom stereocenters. The molecule has 0 bridgehead atoms. The SMILES string of the molecule is CCOc1ccccc1N1CCN(S(=O)(=O)c2ccc(C)c(C)c2C)CC1. The summed E-state index contributed by atoms with van der Waals surface area (Å²) in [6.45, 7) is 10.7. The normalized spacial score (nSPS) is 15.8. The largest absolute Gasteiger partial charge is 0.492 e. The molecule has 1 fully saturated rings. The van der Waals surface area contributed by atoms with Gasteiger partial charge in [0.05, 0.1) is 17.2 Å². The maximum Gasteiger partial charge on any atom is 0.243 e. The highest BCUT2D eigenvalue weighted by Crippen LogP contribution is 2.30. The van der Waals surface area contributed by atoms with Gasteiger partial charge in [0.15, 0.2) is 0 Å². The fraction of sp³-hybridized carbons (Fsp3) is 0.429. The van der Waals surface area contributed by atoms with Crippen molar-refractivity contribution in [2.45, 2.75) is 32.6 Å². The fourth-order valence-electron chi connectivity index (χ4n) is 3.52. The average molecular weight is 389 g/mol. The third-order valence-electron chi connectivity index (χ3n) is 5.37. The van der Waals surface area contributed by atoms with E-state index in [9.17, 15) is 8.42 Å². The number of hydrogen-bond acceptors (Lipinski definition) is 4. The first-order valence-corrected chi connectivity index (χ1v) is 10.8. The Balaban J connectivity index is 1.79. The molecule has 3 rings (SSSR count). The second-order valence-electron chi connectivity index (χ2n) is 6.92. The van der Waals surface area contributed by atoms with Gasteiger partial charge >= 0.3 is 0 Å². The minimum Gasteiger partial charge on any atom is -0.492 e. The van der Waals surface area contributed by atoms with Gasteiger partial charge in [0.1, 0.15) is 5.75 Å². The Kier molecular flexibility index (Phi) is 5.77. The lowest BCUT2D eigenvalue weighted by Crippen LogP contribution is -2.48. The fourth-order valence-corrected chi connectivity index (χ4v) is 5.22. The average Bonchev–Trinajstić information content (AvgIpc) is 2.67. The molecule has 0 N–H and O–H groups in total. The highest BCUT2D eigenvalue weighted by atomic mass is 32.2. The second kappa shape index (κ2) is 7.90. The van der Waals surface area contributed by atoms with Crippen LogP contribution in [0.5, 0.6) is 5.75 Å². The number of piperazine rings is 1. The van der Waals surface area contributed by atoms with Crippen LogP contribution in [0.25, 0.3) is 0 Å². The maximum absolute atomic E-state index is 13.2. The van der Waals surface area contributed by atoms with Crippen molar-refractivity contribution in [3.05, 3.63) is 53.1 Å². The zero-order valence-corrected chi connectivity index (χ0v) is 17.3. The third-order valence-corrected chi connectivity index (χ3v) is 7.41. The number of nitrogens with zero attached hydrogens (tertiary/aromatic N) is 2. The molecule has 6 heteroatoms. The Labute approximate surface area is 162 Å². The predicted octanol–water partition coefficient (Wildman–Crippen LogP) is 3.52. The molecule has 0 unspecified atom stereocenters. The number of hydrogen-bond donors (Lipinski definition) is 0. The zero-order chi connectivity index (χ0) is 19.6. The van der Waals surface area contributed by atoms with E-state index >= 15 is 0 Å². The van der Waals surface area contributed by atoms with Gasteiger partial charge in [-0.15, -0.1) is 0 Å². The Bertz CT molecular complexity index is 917. The number of benzene rings is 2. The maximum atomic E-state index is 13.2. The van der Waals surface area contributed by atoms with E-state index in [1.807, 2.05) is 58.0 Å². The molecular formula is C21H28N2O3S. The lowest BCUT2D eigenvalue weighted by atomic mass is 10.1. The molecule has 0 amide bonds. The molecular weight excluding hydrogens is 360 g/mol. The van der Waals surface area contributed by atoms with E-state index in [1.165, 1.54) is 0 Å². The van der Waals surface area contributed by atoms with E-state index in [4.69, 9.17) is 4.74 Å². The number of para-hydroxylation sites is 2.